The molecule has 27 heavy (non-hydrogen) atoms. The predicted molar refractivity (Wildman–Crippen MR) is 106 cm³/mol. The number of methoxy groups -OCH3 is 1. The highest BCUT2D eigenvalue weighted by Gasteiger charge is 2.15. The zero-order valence-electron chi connectivity index (χ0n) is 16.1. The van der Waals surface area contributed by atoms with Crippen molar-refractivity contribution >= 4 is 17.5 Å². The van der Waals surface area contributed by atoms with Gasteiger partial charge in [0.1, 0.15) is 5.75 Å². The van der Waals surface area contributed by atoms with Crippen LogP contribution < -0.4 is 20.3 Å². The number of anilines is 1. The van der Waals surface area contributed by atoms with Crippen LogP contribution in [-0.2, 0) is 9.59 Å². The Morgan fingerprint density at radius 3 is 2.26 bits per heavy atom. The molecule has 6 heteroatoms. The first-order chi connectivity index (χ1) is 13.0. The molecule has 0 aliphatic carbocycles. The highest BCUT2D eigenvalue weighted by atomic mass is 16.5. The summed E-state index contributed by atoms with van der Waals surface area (Å²) in [6.07, 6.45) is 0. The quantitative estimate of drug-likeness (QED) is 0.618. The second-order valence-corrected chi connectivity index (χ2v) is 6.70. The molecule has 0 aromatic heterocycles. The lowest BCUT2D eigenvalue weighted by molar-refractivity contribution is -0.862. The molecule has 0 saturated carbocycles. The first-order valence-corrected chi connectivity index (χ1v) is 9.04. The summed E-state index contributed by atoms with van der Waals surface area (Å²) in [6, 6.07) is 17.2. The molecule has 0 fully saturated rings. The number of hydrogen-bond donors (Lipinski definition) is 3. The van der Waals surface area contributed by atoms with Gasteiger partial charge in [-0.15, -0.1) is 0 Å². The monoisotopic (exact) mass is 370 g/mol. The van der Waals surface area contributed by atoms with Crippen molar-refractivity contribution < 1.29 is 19.2 Å². The molecule has 3 N–H and O–H groups in total. The minimum absolute atomic E-state index is 0.0625. The fourth-order valence-corrected chi connectivity index (χ4v) is 2.72. The van der Waals surface area contributed by atoms with Crippen LogP contribution in [0.5, 0.6) is 5.75 Å². The third-order valence-corrected chi connectivity index (χ3v) is 4.27. The van der Waals surface area contributed by atoms with Crippen LogP contribution in [0.25, 0.3) is 0 Å². The van der Waals surface area contributed by atoms with E-state index in [-0.39, 0.29) is 30.8 Å². The van der Waals surface area contributed by atoms with E-state index in [1.54, 1.807) is 31.4 Å². The van der Waals surface area contributed by atoms with Crippen LogP contribution in [-0.4, -0.2) is 45.6 Å². The van der Waals surface area contributed by atoms with E-state index >= 15 is 0 Å². The zero-order valence-corrected chi connectivity index (χ0v) is 16.1. The minimum Gasteiger partial charge on any atom is -0.497 e. The van der Waals surface area contributed by atoms with Gasteiger partial charge < -0.3 is 20.3 Å². The second kappa shape index (κ2) is 10.3. The molecule has 144 valence electrons. The molecular formula is C21H28N3O3+. The Morgan fingerprint density at radius 2 is 1.63 bits per heavy atom. The molecule has 0 saturated heterocycles. The van der Waals surface area contributed by atoms with Gasteiger partial charge in [-0.1, -0.05) is 37.3 Å². The maximum absolute atomic E-state index is 12.1. The topological polar surface area (TPSA) is 71.9 Å². The van der Waals surface area contributed by atoms with Crippen LogP contribution in [0.3, 0.4) is 0 Å². The van der Waals surface area contributed by atoms with Crippen LogP contribution in [0.15, 0.2) is 54.6 Å². The Bertz CT molecular complexity index is 732. The number of carbonyl (C=O) groups is 2. The van der Waals surface area contributed by atoms with Gasteiger partial charge in [0, 0.05) is 12.2 Å². The van der Waals surface area contributed by atoms with E-state index in [1.165, 1.54) is 5.56 Å². The van der Waals surface area contributed by atoms with Gasteiger partial charge in [0.05, 0.1) is 14.2 Å². The SMILES string of the molecule is COc1ccc(NC(=O)C[NH+](C)CC(=O)NC[C@@H](C)c2ccccc2)cc1. The minimum atomic E-state index is -0.136. The zero-order chi connectivity index (χ0) is 19.6. The maximum atomic E-state index is 12.1. The van der Waals surface area contributed by atoms with Crippen molar-refractivity contribution in [1.29, 1.82) is 0 Å². The molecule has 2 amide bonds. The molecule has 0 radical (unpaired) electrons. The van der Waals surface area contributed by atoms with Crippen LogP contribution in [0.1, 0.15) is 18.4 Å². The van der Waals surface area contributed by atoms with E-state index in [0.717, 1.165) is 10.6 Å². The molecule has 0 spiro atoms. The Kier molecular flexibility index (Phi) is 7.82. The van der Waals surface area contributed by atoms with Crippen LogP contribution in [0.4, 0.5) is 5.69 Å². The number of benzene rings is 2. The first-order valence-electron chi connectivity index (χ1n) is 9.04. The van der Waals surface area contributed by atoms with Gasteiger partial charge >= 0.3 is 0 Å². The number of quaternary nitrogens is 1. The average Bonchev–Trinajstić information content (AvgIpc) is 2.67. The van der Waals surface area contributed by atoms with E-state index in [0.29, 0.717) is 12.2 Å². The summed E-state index contributed by atoms with van der Waals surface area (Å²) in [7, 11) is 3.42. The normalized spacial score (nSPS) is 12.7. The standard InChI is InChI=1S/C21H27N3O3/c1-16(17-7-5-4-6-8-17)13-22-20(25)14-24(2)15-21(26)23-18-9-11-19(27-3)12-10-18/h4-12,16H,13-15H2,1-3H3,(H,22,25)(H,23,26)/p+1/t16-/m1/s1. The van der Waals surface area contributed by atoms with Gasteiger partial charge in [-0.3, -0.25) is 9.59 Å². The Balaban J connectivity index is 1.71. The summed E-state index contributed by atoms with van der Waals surface area (Å²) in [6.45, 7) is 3.12. The molecule has 0 aliphatic rings. The smallest absolute Gasteiger partial charge is 0.279 e. The van der Waals surface area contributed by atoms with Crippen molar-refractivity contribution in [3.8, 4) is 5.75 Å². The first kappa shape index (κ1) is 20.5. The number of carbonyl (C=O) groups excluding carboxylic acids is 2. The Morgan fingerprint density at radius 1 is 1.00 bits per heavy atom. The van der Waals surface area contributed by atoms with Crippen molar-refractivity contribution in [1.82, 2.24) is 5.32 Å². The predicted octanol–water partition coefficient (Wildman–Crippen LogP) is 1.07. The van der Waals surface area contributed by atoms with E-state index in [4.69, 9.17) is 4.74 Å². The molecule has 2 atom stereocenters. The molecule has 2 aromatic rings. The van der Waals surface area contributed by atoms with E-state index < -0.39 is 0 Å². The number of amides is 2. The maximum Gasteiger partial charge on any atom is 0.279 e. The number of ether oxygens (including phenoxy) is 1. The number of hydrogen-bond acceptors (Lipinski definition) is 3. The molecule has 1 unspecified atom stereocenters. The van der Waals surface area contributed by atoms with E-state index in [1.807, 2.05) is 25.2 Å². The van der Waals surface area contributed by atoms with Gasteiger partial charge in [-0.2, -0.15) is 0 Å². The molecule has 2 rings (SSSR count). The lowest BCUT2D eigenvalue weighted by Crippen LogP contribution is -3.11. The van der Waals surface area contributed by atoms with Gasteiger partial charge in [-0.05, 0) is 35.7 Å². The largest absolute Gasteiger partial charge is 0.497 e. The summed E-state index contributed by atoms with van der Waals surface area (Å²) >= 11 is 0. The van der Waals surface area contributed by atoms with Crippen molar-refractivity contribution in [3.05, 3.63) is 60.2 Å². The van der Waals surface area contributed by atoms with Gasteiger partial charge in [-0.25, -0.2) is 0 Å². The van der Waals surface area contributed by atoms with E-state index in [9.17, 15) is 9.59 Å². The van der Waals surface area contributed by atoms with Crippen molar-refractivity contribution in [2.75, 3.05) is 39.1 Å². The third kappa shape index (κ3) is 7.11. The molecule has 0 heterocycles. The molecule has 6 nitrogen and oxygen atoms in total. The van der Waals surface area contributed by atoms with Gasteiger partial charge in [0.2, 0.25) is 0 Å². The average molecular weight is 370 g/mol. The summed E-state index contributed by atoms with van der Waals surface area (Å²) in [5.74, 6) is 0.779. The fraction of sp³-hybridized carbons (Fsp3) is 0.333. The summed E-state index contributed by atoms with van der Waals surface area (Å²) < 4.78 is 5.09. The third-order valence-electron chi connectivity index (χ3n) is 4.27. The van der Waals surface area contributed by atoms with Crippen LogP contribution in [0, 0.1) is 0 Å². The molecule has 0 aliphatic heterocycles. The number of nitrogens with one attached hydrogen (secondary N) is 3. The molecule has 0 bridgehead atoms. The van der Waals surface area contributed by atoms with Gasteiger partial charge in [0.25, 0.3) is 11.8 Å². The summed E-state index contributed by atoms with van der Waals surface area (Å²) in [5.41, 5.74) is 1.90. The summed E-state index contributed by atoms with van der Waals surface area (Å²) in [4.78, 5) is 25.1. The second-order valence-electron chi connectivity index (χ2n) is 6.70. The Labute approximate surface area is 160 Å². The van der Waals surface area contributed by atoms with Crippen molar-refractivity contribution in [2.45, 2.75) is 12.8 Å². The number of likely N-dealkylation sites (N-methyl/N-ethyl adjacent to an activating group) is 1. The van der Waals surface area contributed by atoms with Crippen LogP contribution >= 0.6 is 0 Å². The number of rotatable bonds is 9. The Hall–Kier alpha value is -2.86. The fourth-order valence-electron chi connectivity index (χ4n) is 2.72. The molecule has 2 aromatic carbocycles. The van der Waals surface area contributed by atoms with Crippen LogP contribution in [0.2, 0.25) is 0 Å². The summed E-state index contributed by atoms with van der Waals surface area (Å²) in [5, 5.41) is 5.76. The van der Waals surface area contributed by atoms with Crippen molar-refractivity contribution in [2.24, 2.45) is 0 Å². The van der Waals surface area contributed by atoms with E-state index in [2.05, 4.69) is 29.7 Å². The lowest BCUT2D eigenvalue weighted by Gasteiger charge is -2.16. The van der Waals surface area contributed by atoms with Crippen molar-refractivity contribution in [3.63, 3.8) is 0 Å². The highest BCUT2D eigenvalue weighted by Crippen LogP contribution is 2.14. The van der Waals surface area contributed by atoms with Gasteiger partial charge in [0.15, 0.2) is 13.1 Å². The highest BCUT2D eigenvalue weighted by molar-refractivity contribution is 5.91. The molecular weight excluding hydrogens is 342 g/mol. The lowest BCUT2D eigenvalue weighted by atomic mass is 10.0.